The van der Waals surface area contributed by atoms with Crippen LogP contribution in [0.4, 0.5) is 5.95 Å². The van der Waals surface area contributed by atoms with Crippen LogP contribution in [0.3, 0.4) is 0 Å². The highest BCUT2D eigenvalue weighted by atomic mass is 127. The lowest BCUT2D eigenvalue weighted by molar-refractivity contribution is 0.447. The second-order valence-electron chi connectivity index (χ2n) is 2.97. The Labute approximate surface area is 87.7 Å². The van der Waals surface area contributed by atoms with Crippen molar-refractivity contribution in [1.82, 2.24) is 9.97 Å². The average Bonchev–Trinajstić information content (AvgIpc) is 2.84. The first kappa shape index (κ1) is 8.79. The van der Waals surface area contributed by atoms with Crippen LogP contribution < -0.4 is 10.9 Å². The van der Waals surface area contributed by atoms with Crippen LogP contribution in [-0.2, 0) is 0 Å². The van der Waals surface area contributed by atoms with E-state index < -0.39 is 0 Å². The minimum Gasteiger partial charge on any atom is -0.492 e. The van der Waals surface area contributed by atoms with E-state index in [1.807, 2.05) is 0 Å². The Morgan fingerprint density at radius 3 is 2.85 bits per heavy atom. The van der Waals surface area contributed by atoms with E-state index in [-0.39, 0.29) is 15.0 Å². The molecule has 5 nitrogen and oxygen atoms in total. The number of aromatic nitrogens is 2. The highest BCUT2D eigenvalue weighted by molar-refractivity contribution is 14.1. The number of rotatable bonds is 2. The van der Waals surface area contributed by atoms with E-state index in [0.29, 0.717) is 12.0 Å². The maximum atomic E-state index is 11.2. The summed E-state index contributed by atoms with van der Waals surface area (Å²) >= 11 is 1.75. The molecule has 1 aromatic rings. The van der Waals surface area contributed by atoms with Crippen LogP contribution >= 0.6 is 22.6 Å². The molecule has 1 aliphatic carbocycles. The number of hydrogen-bond acceptors (Lipinski definition) is 4. The number of anilines is 1. The Kier molecular flexibility index (Phi) is 2.14. The van der Waals surface area contributed by atoms with Crippen molar-refractivity contribution in [3.05, 3.63) is 13.9 Å². The molecule has 0 unspecified atom stereocenters. The summed E-state index contributed by atoms with van der Waals surface area (Å²) in [4.78, 5) is 17.5. The summed E-state index contributed by atoms with van der Waals surface area (Å²) in [6.45, 7) is 0. The summed E-state index contributed by atoms with van der Waals surface area (Å²) < 4.78 is 0.221. The first-order valence-electron chi connectivity index (χ1n) is 3.92. The summed E-state index contributed by atoms with van der Waals surface area (Å²) in [5, 5.41) is 12.2. The van der Waals surface area contributed by atoms with Gasteiger partial charge in [-0.25, -0.2) is 0 Å². The van der Waals surface area contributed by atoms with Gasteiger partial charge in [0, 0.05) is 6.04 Å². The van der Waals surface area contributed by atoms with E-state index in [1.165, 1.54) is 0 Å². The summed E-state index contributed by atoms with van der Waals surface area (Å²) in [6.07, 6.45) is 2.19. The second-order valence-corrected chi connectivity index (χ2v) is 4.05. The molecule has 3 N–H and O–H groups in total. The third kappa shape index (κ3) is 1.93. The van der Waals surface area contributed by atoms with Gasteiger partial charge in [-0.3, -0.25) is 9.78 Å². The summed E-state index contributed by atoms with van der Waals surface area (Å²) in [5.74, 6) is 0.137. The number of halogens is 1. The van der Waals surface area contributed by atoms with E-state index in [4.69, 9.17) is 0 Å². The van der Waals surface area contributed by atoms with Gasteiger partial charge in [0.05, 0.1) is 0 Å². The lowest BCUT2D eigenvalue weighted by Crippen LogP contribution is -2.16. The summed E-state index contributed by atoms with van der Waals surface area (Å²) in [5.41, 5.74) is -0.309. The van der Waals surface area contributed by atoms with Crippen LogP contribution in [0, 0.1) is 3.57 Å². The minimum absolute atomic E-state index is 0.215. The molecule has 2 rings (SSSR count). The highest BCUT2D eigenvalue weighted by Gasteiger charge is 2.22. The molecule has 0 aliphatic heterocycles. The molecule has 70 valence electrons. The number of nitrogens with one attached hydrogen (secondary N) is 2. The van der Waals surface area contributed by atoms with E-state index in [0.717, 1.165) is 12.8 Å². The van der Waals surface area contributed by atoms with Crippen molar-refractivity contribution in [2.45, 2.75) is 18.9 Å². The fourth-order valence-electron chi connectivity index (χ4n) is 0.936. The maximum absolute atomic E-state index is 11.2. The van der Waals surface area contributed by atoms with Crippen molar-refractivity contribution >= 4 is 28.5 Å². The molecule has 0 saturated heterocycles. The zero-order chi connectivity index (χ0) is 9.42. The standard InChI is InChI=1S/C7H8IN3O2/c8-4-5(12)10-7(11-6(4)13)9-3-1-2-3/h3H,1-2H2,(H3,9,10,11,12,13). The highest BCUT2D eigenvalue weighted by Crippen LogP contribution is 2.23. The Balaban J connectivity index is 2.31. The SMILES string of the molecule is O=c1[nH]c(NC2CC2)nc(O)c1I. The number of H-pyrrole nitrogens is 1. The van der Waals surface area contributed by atoms with Crippen LogP contribution in [-0.4, -0.2) is 21.1 Å². The molecule has 1 saturated carbocycles. The van der Waals surface area contributed by atoms with Gasteiger partial charge in [-0.05, 0) is 35.4 Å². The van der Waals surface area contributed by atoms with E-state index >= 15 is 0 Å². The normalized spacial score (nSPS) is 15.8. The van der Waals surface area contributed by atoms with Gasteiger partial charge in [0.1, 0.15) is 3.57 Å². The predicted octanol–water partition coefficient (Wildman–Crippen LogP) is 0.654. The van der Waals surface area contributed by atoms with Crippen LogP contribution in [0.15, 0.2) is 4.79 Å². The molecule has 1 aliphatic rings. The largest absolute Gasteiger partial charge is 0.492 e. The minimum atomic E-state index is -0.309. The number of nitrogens with zero attached hydrogens (tertiary/aromatic N) is 1. The van der Waals surface area contributed by atoms with Crippen LogP contribution in [0.25, 0.3) is 0 Å². The van der Waals surface area contributed by atoms with Gasteiger partial charge in [0.25, 0.3) is 5.56 Å². The van der Waals surface area contributed by atoms with E-state index in [1.54, 1.807) is 22.6 Å². The Hall–Kier alpha value is -0.790. The third-order valence-corrected chi connectivity index (χ3v) is 2.74. The van der Waals surface area contributed by atoms with Crippen LogP contribution in [0.2, 0.25) is 0 Å². The molecule has 0 bridgehead atoms. The molecular weight excluding hydrogens is 285 g/mol. The smallest absolute Gasteiger partial charge is 0.269 e. The monoisotopic (exact) mass is 293 g/mol. The third-order valence-electron chi connectivity index (χ3n) is 1.76. The Morgan fingerprint density at radius 2 is 2.31 bits per heavy atom. The van der Waals surface area contributed by atoms with Gasteiger partial charge in [-0.2, -0.15) is 4.98 Å². The first-order chi connectivity index (χ1) is 6.16. The quantitative estimate of drug-likeness (QED) is 0.700. The van der Waals surface area contributed by atoms with Crippen LogP contribution in [0.5, 0.6) is 5.88 Å². The zero-order valence-electron chi connectivity index (χ0n) is 6.67. The van der Waals surface area contributed by atoms with Crippen molar-refractivity contribution in [2.75, 3.05) is 5.32 Å². The molecule has 6 heteroatoms. The number of hydrogen-bond donors (Lipinski definition) is 3. The molecule has 0 amide bonds. The van der Waals surface area contributed by atoms with Crippen LogP contribution in [0.1, 0.15) is 12.8 Å². The van der Waals surface area contributed by atoms with Crippen molar-refractivity contribution < 1.29 is 5.11 Å². The van der Waals surface area contributed by atoms with Gasteiger partial charge in [0.15, 0.2) is 0 Å². The average molecular weight is 293 g/mol. The molecule has 1 heterocycles. The van der Waals surface area contributed by atoms with Crippen molar-refractivity contribution in [1.29, 1.82) is 0 Å². The van der Waals surface area contributed by atoms with Crippen molar-refractivity contribution in [3.63, 3.8) is 0 Å². The number of aromatic hydroxyl groups is 1. The summed E-state index contributed by atoms with van der Waals surface area (Å²) in [6, 6.07) is 0.405. The van der Waals surface area contributed by atoms with Gasteiger partial charge in [0.2, 0.25) is 11.8 Å². The fraction of sp³-hybridized carbons (Fsp3) is 0.429. The molecular formula is C7H8IN3O2. The fourth-order valence-corrected chi connectivity index (χ4v) is 1.19. The molecule has 0 atom stereocenters. The van der Waals surface area contributed by atoms with E-state index in [9.17, 15) is 9.90 Å². The molecule has 13 heavy (non-hydrogen) atoms. The Morgan fingerprint density at radius 1 is 1.62 bits per heavy atom. The molecule has 0 radical (unpaired) electrons. The first-order valence-corrected chi connectivity index (χ1v) is 5.00. The summed E-state index contributed by atoms with van der Waals surface area (Å²) in [7, 11) is 0. The molecule has 1 aromatic heterocycles. The molecule has 1 fully saturated rings. The van der Waals surface area contributed by atoms with Gasteiger partial charge < -0.3 is 10.4 Å². The van der Waals surface area contributed by atoms with Gasteiger partial charge in [-0.15, -0.1) is 0 Å². The van der Waals surface area contributed by atoms with E-state index in [2.05, 4.69) is 15.3 Å². The zero-order valence-corrected chi connectivity index (χ0v) is 8.83. The lowest BCUT2D eigenvalue weighted by Gasteiger charge is -2.03. The lowest BCUT2D eigenvalue weighted by atomic mass is 10.6. The number of aromatic amines is 1. The topological polar surface area (TPSA) is 78.0 Å². The predicted molar refractivity (Wildman–Crippen MR) is 55.9 cm³/mol. The van der Waals surface area contributed by atoms with Gasteiger partial charge >= 0.3 is 0 Å². The maximum Gasteiger partial charge on any atom is 0.269 e. The second kappa shape index (κ2) is 3.17. The van der Waals surface area contributed by atoms with Gasteiger partial charge in [-0.1, -0.05) is 0 Å². The Bertz CT molecular complexity index is 386. The molecule has 0 spiro atoms. The van der Waals surface area contributed by atoms with Crippen molar-refractivity contribution in [2.24, 2.45) is 0 Å². The van der Waals surface area contributed by atoms with Crippen molar-refractivity contribution in [3.8, 4) is 5.88 Å². The molecule has 0 aromatic carbocycles.